The van der Waals surface area contributed by atoms with Crippen LogP contribution >= 0.6 is 0 Å². The van der Waals surface area contributed by atoms with Crippen molar-refractivity contribution in [1.82, 2.24) is 9.80 Å². The van der Waals surface area contributed by atoms with E-state index in [2.05, 4.69) is 4.90 Å². The molecule has 172 valence electrons. The molecular formula is C21H31N3O6S. The Morgan fingerprint density at radius 2 is 1.87 bits per heavy atom. The van der Waals surface area contributed by atoms with Crippen molar-refractivity contribution >= 4 is 27.5 Å². The van der Waals surface area contributed by atoms with Gasteiger partial charge >= 0.3 is 6.09 Å². The third-order valence-electron chi connectivity index (χ3n) is 5.79. The number of fused-ring (bicyclic) bond motifs is 1. The van der Waals surface area contributed by atoms with Crippen molar-refractivity contribution in [3.05, 3.63) is 18.2 Å². The van der Waals surface area contributed by atoms with E-state index in [1.165, 1.54) is 12.1 Å². The highest BCUT2D eigenvalue weighted by atomic mass is 32.2. The molecule has 1 N–H and O–H groups in total. The van der Waals surface area contributed by atoms with Crippen LogP contribution in [0.3, 0.4) is 0 Å². The molecule has 0 aromatic heterocycles. The van der Waals surface area contributed by atoms with Crippen LogP contribution in [0.5, 0.6) is 5.75 Å². The van der Waals surface area contributed by atoms with Crippen molar-refractivity contribution in [2.24, 2.45) is 0 Å². The number of carboxylic acid groups (broad SMARTS) is 1. The summed E-state index contributed by atoms with van der Waals surface area (Å²) in [5.74, 6) is 0.283. The molecule has 0 saturated carbocycles. The number of likely N-dealkylation sites (tertiary alicyclic amines) is 1. The van der Waals surface area contributed by atoms with Crippen molar-refractivity contribution in [3.8, 4) is 5.75 Å². The molecule has 1 saturated heterocycles. The summed E-state index contributed by atoms with van der Waals surface area (Å²) in [5.41, 5.74) is 0.0127. The molecular weight excluding hydrogens is 422 g/mol. The van der Waals surface area contributed by atoms with Crippen LogP contribution in [0.2, 0.25) is 0 Å². The van der Waals surface area contributed by atoms with Crippen molar-refractivity contribution < 1.29 is 27.9 Å². The second-order valence-electron chi connectivity index (χ2n) is 9.13. The van der Waals surface area contributed by atoms with Gasteiger partial charge in [0.1, 0.15) is 5.75 Å². The zero-order chi connectivity index (χ0) is 23.0. The van der Waals surface area contributed by atoms with Crippen molar-refractivity contribution in [1.29, 1.82) is 0 Å². The van der Waals surface area contributed by atoms with E-state index >= 15 is 0 Å². The first-order valence-electron chi connectivity index (χ1n) is 10.4. The molecule has 31 heavy (non-hydrogen) atoms. The van der Waals surface area contributed by atoms with Gasteiger partial charge in [-0.15, -0.1) is 0 Å². The number of hydrogen-bond acceptors (Lipinski definition) is 6. The summed E-state index contributed by atoms with van der Waals surface area (Å²) in [6.45, 7) is 8.13. The lowest BCUT2D eigenvalue weighted by molar-refractivity contribution is -0.121. The van der Waals surface area contributed by atoms with Gasteiger partial charge in [-0.2, -0.15) is 0 Å². The zero-order valence-corrected chi connectivity index (χ0v) is 19.3. The van der Waals surface area contributed by atoms with Crippen LogP contribution in [0.4, 0.5) is 10.5 Å². The predicted molar refractivity (Wildman–Crippen MR) is 116 cm³/mol. The number of carbonyl (C=O) groups excluding carboxylic acids is 1. The van der Waals surface area contributed by atoms with Gasteiger partial charge in [0.15, 0.2) is 16.4 Å². The monoisotopic (exact) mass is 453 g/mol. The standard InChI is InChI=1S/C21H31N3O6S/c1-21(2,3)24(20(26)27)15-7-9-22(10-8-15)11-12-23-17-13-16(31(4,28)29)5-6-18(17)30-14-19(23)25/h5-6,13,15H,7-12,14H2,1-4H3,(H,26,27). The molecule has 1 aromatic rings. The summed E-state index contributed by atoms with van der Waals surface area (Å²) < 4.78 is 29.3. The van der Waals surface area contributed by atoms with Gasteiger partial charge in [0.2, 0.25) is 0 Å². The highest BCUT2D eigenvalue weighted by molar-refractivity contribution is 7.90. The molecule has 3 rings (SSSR count). The van der Waals surface area contributed by atoms with Crippen LogP contribution in [-0.4, -0.2) is 85.9 Å². The van der Waals surface area contributed by atoms with Gasteiger partial charge in [0, 0.05) is 44.0 Å². The molecule has 2 aliphatic heterocycles. The number of ether oxygens (including phenoxy) is 1. The van der Waals surface area contributed by atoms with Gasteiger partial charge in [0.05, 0.1) is 10.6 Å². The third-order valence-corrected chi connectivity index (χ3v) is 6.90. The maximum absolute atomic E-state index is 12.5. The van der Waals surface area contributed by atoms with Crippen LogP contribution in [0.25, 0.3) is 0 Å². The summed E-state index contributed by atoms with van der Waals surface area (Å²) in [6, 6.07) is 4.53. The van der Waals surface area contributed by atoms with E-state index in [1.807, 2.05) is 20.8 Å². The highest BCUT2D eigenvalue weighted by Gasteiger charge is 2.35. The minimum Gasteiger partial charge on any atom is -0.482 e. The van der Waals surface area contributed by atoms with E-state index in [-0.39, 0.29) is 23.5 Å². The Morgan fingerprint density at radius 1 is 1.23 bits per heavy atom. The van der Waals surface area contributed by atoms with Crippen LogP contribution in [0, 0.1) is 0 Å². The molecule has 2 heterocycles. The molecule has 0 unspecified atom stereocenters. The van der Waals surface area contributed by atoms with Crippen LogP contribution in [0.1, 0.15) is 33.6 Å². The quantitative estimate of drug-likeness (QED) is 0.727. The Bertz CT molecular complexity index is 948. The summed E-state index contributed by atoms with van der Waals surface area (Å²) in [7, 11) is -3.40. The normalized spacial score (nSPS) is 18.5. The number of sulfone groups is 1. The van der Waals surface area contributed by atoms with Gasteiger partial charge in [-0.1, -0.05) is 0 Å². The SMILES string of the molecule is CC(C)(C)N(C(=O)O)C1CCN(CCN2C(=O)COc3ccc(S(C)(=O)=O)cc32)CC1. The fourth-order valence-electron chi connectivity index (χ4n) is 4.29. The number of carbonyl (C=O) groups is 2. The van der Waals surface area contributed by atoms with Gasteiger partial charge in [-0.05, 0) is 51.8 Å². The summed E-state index contributed by atoms with van der Waals surface area (Å²) in [6.07, 6.45) is 1.69. The van der Waals surface area contributed by atoms with E-state index in [1.54, 1.807) is 15.9 Å². The topological polar surface area (TPSA) is 107 Å². The average Bonchev–Trinajstić information content (AvgIpc) is 2.66. The molecule has 0 radical (unpaired) electrons. The first-order valence-corrected chi connectivity index (χ1v) is 12.3. The number of anilines is 1. The number of amides is 2. The Morgan fingerprint density at radius 3 is 2.42 bits per heavy atom. The zero-order valence-electron chi connectivity index (χ0n) is 18.5. The first-order chi connectivity index (χ1) is 14.4. The Labute approximate surface area is 183 Å². The summed E-state index contributed by atoms with van der Waals surface area (Å²) >= 11 is 0. The maximum atomic E-state index is 12.5. The second-order valence-corrected chi connectivity index (χ2v) is 11.1. The van der Waals surface area contributed by atoms with Gasteiger partial charge < -0.3 is 24.5 Å². The van der Waals surface area contributed by atoms with E-state index in [0.717, 1.165) is 32.2 Å². The molecule has 0 bridgehead atoms. The lowest BCUT2D eigenvalue weighted by Gasteiger charge is -2.43. The lowest BCUT2D eigenvalue weighted by Crippen LogP contribution is -2.55. The summed E-state index contributed by atoms with van der Waals surface area (Å²) in [4.78, 5) is 29.7. The molecule has 9 nitrogen and oxygen atoms in total. The van der Waals surface area contributed by atoms with E-state index in [9.17, 15) is 23.1 Å². The molecule has 0 atom stereocenters. The first kappa shape index (κ1) is 23.3. The number of nitrogens with zero attached hydrogens (tertiary/aromatic N) is 3. The molecule has 0 spiro atoms. The van der Waals surface area contributed by atoms with E-state index in [0.29, 0.717) is 24.5 Å². The Kier molecular flexibility index (Phi) is 6.52. The van der Waals surface area contributed by atoms with Crippen molar-refractivity contribution in [2.75, 3.05) is 43.9 Å². The van der Waals surface area contributed by atoms with Gasteiger partial charge in [-0.25, -0.2) is 13.2 Å². The largest absolute Gasteiger partial charge is 0.482 e. The number of piperidine rings is 1. The maximum Gasteiger partial charge on any atom is 0.407 e. The number of hydrogen-bond donors (Lipinski definition) is 1. The van der Waals surface area contributed by atoms with Crippen LogP contribution in [0.15, 0.2) is 23.1 Å². The number of rotatable bonds is 5. The van der Waals surface area contributed by atoms with E-state index < -0.39 is 21.5 Å². The summed E-state index contributed by atoms with van der Waals surface area (Å²) in [5, 5.41) is 9.62. The fraction of sp³-hybridized carbons (Fsp3) is 0.619. The molecule has 2 aliphatic rings. The van der Waals surface area contributed by atoms with Crippen LogP contribution in [-0.2, 0) is 14.6 Å². The molecule has 2 amide bonds. The highest BCUT2D eigenvalue weighted by Crippen LogP contribution is 2.34. The predicted octanol–water partition coefficient (Wildman–Crippen LogP) is 2.06. The Hall–Kier alpha value is -2.33. The van der Waals surface area contributed by atoms with E-state index in [4.69, 9.17) is 4.74 Å². The minimum absolute atomic E-state index is 0.0307. The van der Waals surface area contributed by atoms with Crippen molar-refractivity contribution in [3.63, 3.8) is 0 Å². The fourth-order valence-corrected chi connectivity index (χ4v) is 4.93. The second kappa shape index (κ2) is 8.66. The molecule has 1 aromatic carbocycles. The molecule has 10 heteroatoms. The van der Waals surface area contributed by atoms with Crippen LogP contribution < -0.4 is 9.64 Å². The van der Waals surface area contributed by atoms with Gasteiger partial charge in [-0.3, -0.25) is 4.79 Å². The molecule has 0 aliphatic carbocycles. The third kappa shape index (κ3) is 5.30. The van der Waals surface area contributed by atoms with Gasteiger partial charge in [0.25, 0.3) is 5.91 Å². The molecule has 1 fully saturated rings. The minimum atomic E-state index is -3.40. The lowest BCUT2D eigenvalue weighted by atomic mass is 9.97. The Balaban J connectivity index is 1.65. The number of benzene rings is 1. The average molecular weight is 454 g/mol. The van der Waals surface area contributed by atoms with Crippen molar-refractivity contribution in [2.45, 2.75) is 50.1 Å². The smallest absolute Gasteiger partial charge is 0.407 e.